The predicted molar refractivity (Wildman–Crippen MR) is 75.9 cm³/mol. The first-order chi connectivity index (χ1) is 9.08. The quantitative estimate of drug-likeness (QED) is 0.850. The first-order valence-electron chi connectivity index (χ1n) is 6.88. The van der Waals surface area contributed by atoms with Crippen molar-refractivity contribution in [1.29, 1.82) is 0 Å². The van der Waals surface area contributed by atoms with Gasteiger partial charge in [0.25, 0.3) is 5.91 Å². The van der Waals surface area contributed by atoms with E-state index in [4.69, 9.17) is 10.5 Å². The molecule has 19 heavy (non-hydrogen) atoms. The molecule has 0 saturated carbocycles. The van der Waals surface area contributed by atoms with Crippen LogP contribution < -0.4 is 10.5 Å². The van der Waals surface area contributed by atoms with Crippen molar-refractivity contribution in [3.05, 3.63) is 24.3 Å². The van der Waals surface area contributed by atoms with Crippen LogP contribution in [0, 0.1) is 5.92 Å². The van der Waals surface area contributed by atoms with E-state index in [2.05, 4.69) is 6.92 Å². The first kappa shape index (κ1) is 13.7. The number of nitrogens with two attached hydrogens (primary N) is 1. The van der Waals surface area contributed by atoms with E-state index in [9.17, 15) is 4.79 Å². The number of piperidine rings is 1. The number of benzene rings is 1. The number of carbonyl (C=O) groups is 1. The third kappa shape index (κ3) is 3.40. The van der Waals surface area contributed by atoms with E-state index in [-0.39, 0.29) is 5.91 Å². The van der Waals surface area contributed by atoms with Crippen LogP contribution in [0.1, 0.15) is 26.7 Å². The molecule has 1 heterocycles. The highest BCUT2D eigenvalue weighted by Gasteiger charge is 2.25. The van der Waals surface area contributed by atoms with E-state index in [1.165, 1.54) is 0 Å². The summed E-state index contributed by atoms with van der Waals surface area (Å²) in [5.41, 5.74) is 6.38. The average molecular weight is 262 g/mol. The molecule has 1 aromatic rings. The second kappa shape index (κ2) is 5.95. The van der Waals surface area contributed by atoms with E-state index in [0.717, 1.165) is 25.9 Å². The van der Waals surface area contributed by atoms with Crippen LogP contribution >= 0.6 is 0 Å². The van der Waals surface area contributed by atoms with Gasteiger partial charge in [-0.2, -0.15) is 0 Å². The van der Waals surface area contributed by atoms with E-state index in [1.807, 2.05) is 17.0 Å². The van der Waals surface area contributed by atoms with Crippen LogP contribution in [0.3, 0.4) is 0 Å². The molecule has 0 bridgehead atoms. The van der Waals surface area contributed by atoms with Gasteiger partial charge in [-0.1, -0.05) is 19.1 Å². The van der Waals surface area contributed by atoms with Gasteiger partial charge < -0.3 is 15.4 Å². The summed E-state index contributed by atoms with van der Waals surface area (Å²) in [5.74, 6) is 1.34. The standard InChI is InChI=1S/C15H22N2O2/c1-11-7-9-17(10-8-11)15(18)12(2)19-14-6-4-3-5-13(14)16/h3-6,11-12H,7-10,16H2,1-2H3. The molecule has 1 fully saturated rings. The highest BCUT2D eigenvalue weighted by Crippen LogP contribution is 2.22. The summed E-state index contributed by atoms with van der Waals surface area (Å²) in [5, 5.41) is 0. The fourth-order valence-electron chi connectivity index (χ4n) is 2.31. The molecule has 0 spiro atoms. The highest BCUT2D eigenvalue weighted by molar-refractivity contribution is 5.81. The van der Waals surface area contributed by atoms with Gasteiger partial charge in [-0.3, -0.25) is 4.79 Å². The number of hydrogen-bond donors (Lipinski definition) is 1. The lowest BCUT2D eigenvalue weighted by molar-refractivity contribution is -0.139. The van der Waals surface area contributed by atoms with Crippen LogP contribution in [-0.2, 0) is 4.79 Å². The molecule has 2 rings (SSSR count). The summed E-state index contributed by atoms with van der Waals surface area (Å²) >= 11 is 0. The monoisotopic (exact) mass is 262 g/mol. The summed E-state index contributed by atoms with van der Waals surface area (Å²) < 4.78 is 5.67. The number of hydrogen-bond acceptors (Lipinski definition) is 3. The molecule has 1 amide bonds. The zero-order valence-electron chi connectivity index (χ0n) is 11.6. The van der Waals surface area contributed by atoms with Gasteiger partial charge in [0, 0.05) is 13.1 Å². The third-order valence-electron chi connectivity index (χ3n) is 3.67. The van der Waals surface area contributed by atoms with Crippen molar-refractivity contribution in [3.8, 4) is 5.75 Å². The Bertz CT molecular complexity index is 440. The molecular formula is C15H22N2O2. The Balaban J connectivity index is 1.94. The SMILES string of the molecule is CC1CCN(C(=O)C(C)Oc2ccccc2N)CC1. The van der Waals surface area contributed by atoms with Crippen molar-refractivity contribution in [1.82, 2.24) is 4.90 Å². The smallest absolute Gasteiger partial charge is 0.263 e. The van der Waals surface area contributed by atoms with Gasteiger partial charge in [-0.15, -0.1) is 0 Å². The van der Waals surface area contributed by atoms with Gasteiger partial charge >= 0.3 is 0 Å². The van der Waals surface area contributed by atoms with Crippen LogP contribution in [-0.4, -0.2) is 30.0 Å². The molecule has 0 aliphatic carbocycles. The second-order valence-corrected chi connectivity index (χ2v) is 5.31. The molecule has 1 aliphatic rings. The predicted octanol–water partition coefficient (Wildman–Crippen LogP) is 2.29. The van der Waals surface area contributed by atoms with Crippen molar-refractivity contribution in [2.75, 3.05) is 18.8 Å². The number of anilines is 1. The number of rotatable bonds is 3. The minimum Gasteiger partial charge on any atom is -0.479 e. The molecule has 1 saturated heterocycles. The van der Waals surface area contributed by atoms with Gasteiger partial charge in [-0.05, 0) is 37.8 Å². The van der Waals surface area contributed by atoms with Gasteiger partial charge in [0.15, 0.2) is 6.10 Å². The maximum Gasteiger partial charge on any atom is 0.263 e. The Morgan fingerprint density at radius 3 is 2.63 bits per heavy atom. The molecule has 0 aromatic heterocycles. The first-order valence-corrected chi connectivity index (χ1v) is 6.88. The minimum atomic E-state index is -0.488. The van der Waals surface area contributed by atoms with E-state index < -0.39 is 6.10 Å². The summed E-state index contributed by atoms with van der Waals surface area (Å²) in [6.07, 6.45) is 1.66. The number of para-hydroxylation sites is 2. The lowest BCUT2D eigenvalue weighted by atomic mass is 9.99. The number of likely N-dealkylation sites (tertiary alicyclic amines) is 1. The molecule has 1 aliphatic heterocycles. The van der Waals surface area contributed by atoms with Gasteiger partial charge in [0.2, 0.25) is 0 Å². The Labute approximate surface area is 114 Å². The van der Waals surface area contributed by atoms with Crippen molar-refractivity contribution < 1.29 is 9.53 Å². The molecule has 1 atom stereocenters. The fourth-order valence-corrected chi connectivity index (χ4v) is 2.31. The molecule has 2 N–H and O–H groups in total. The molecule has 0 radical (unpaired) electrons. The average Bonchev–Trinajstić information content (AvgIpc) is 2.41. The topological polar surface area (TPSA) is 55.6 Å². The molecular weight excluding hydrogens is 240 g/mol. The van der Waals surface area contributed by atoms with E-state index in [1.54, 1.807) is 19.1 Å². The van der Waals surface area contributed by atoms with Crippen molar-refractivity contribution in [3.63, 3.8) is 0 Å². The maximum absolute atomic E-state index is 12.3. The van der Waals surface area contributed by atoms with Gasteiger partial charge in [0.05, 0.1) is 5.69 Å². The number of amides is 1. The van der Waals surface area contributed by atoms with Crippen LogP contribution in [0.4, 0.5) is 5.69 Å². The van der Waals surface area contributed by atoms with Gasteiger partial charge in [0.1, 0.15) is 5.75 Å². The molecule has 104 valence electrons. The molecule has 4 nitrogen and oxygen atoms in total. The molecule has 1 aromatic carbocycles. The third-order valence-corrected chi connectivity index (χ3v) is 3.67. The maximum atomic E-state index is 12.3. The fraction of sp³-hybridized carbons (Fsp3) is 0.533. The minimum absolute atomic E-state index is 0.0511. The normalized spacial score (nSPS) is 18.1. The summed E-state index contributed by atoms with van der Waals surface area (Å²) in [6.45, 7) is 5.68. The van der Waals surface area contributed by atoms with Gasteiger partial charge in [-0.25, -0.2) is 0 Å². The van der Waals surface area contributed by atoms with Crippen LogP contribution in [0.15, 0.2) is 24.3 Å². The summed E-state index contributed by atoms with van der Waals surface area (Å²) in [7, 11) is 0. The summed E-state index contributed by atoms with van der Waals surface area (Å²) in [4.78, 5) is 14.2. The van der Waals surface area contributed by atoms with Crippen molar-refractivity contribution in [2.45, 2.75) is 32.8 Å². The van der Waals surface area contributed by atoms with Crippen LogP contribution in [0.5, 0.6) is 5.75 Å². The largest absolute Gasteiger partial charge is 0.479 e. The highest BCUT2D eigenvalue weighted by atomic mass is 16.5. The van der Waals surface area contributed by atoms with E-state index >= 15 is 0 Å². The molecule has 4 heteroatoms. The van der Waals surface area contributed by atoms with Crippen LogP contribution in [0.2, 0.25) is 0 Å². The zero-order chi connectivity index (χ0) is 13.8. The number of ether oxygens (including phenoxy) is 1. The Morgan fingerprint density at radius 2 is 2.00 bits per heavy atom. The van der Waals surface area contributed by atoms with E-state index in [0.29, 0.717) is 17.4 Å². The second-order valence-electron chi connectivity index (χ2n) is 5.31. The lowest BCUT2D eigenvalue weighted by Gasteiger charge is -2.32. The van der Waals surface area contributed by atoms with Crippen molar-refractivity contribution >= 4 is 11.6 Å². The Morgan fingerprint density at radius 1 is 1.37 bits per heavy atom. The number of nitrogen functional groups attached to an aromatic ring is 1. The summed E-state index contributed by atoms with van der Waals surface area (Å²) in [6, 6.07) is 7.26. The Hall–Kier alpha value is -1.71. The van der Waals surface area contributed by atoms with Crippen molar-refractivity contribution in [2.24, 2.45) is 5.92 Å². The zero-order valence-corrected chi connectivity index (χ0v) is 11.6. The molecule has 1 unspecified atom stereocenters. The van der Waals surface area contributed by atoms with Crippen LogP contribution in [0.25, 0.3) is 0 Å². The lowest BCUT2D eigenvalue weighted by Crippen LogP contribution is -2.44. The number of nitrogens with zero attached hydrogens (tertiary/aromatic N) is 1. The Kier molecular flexibility index (Phi) is 4.30. The number of carbonyl (C=O) groups excluding carboxylic acids is 1.